The van der Waals surface area contributed by atoms with Crippen LogP contribution in [0.15, 0.2) is 30.3 Å². The third-order valence-corrected chi connectivity index (χ3v) is 4.86. The van der Waals surface area contributed by atoms with Gasteiger partial charge in [-0.1, -0.05) is 30.3 Å². The third-order valence-electron chi connectivity index (χ3n) is 3.99. The second-order valence-electron chi connectivity index (χ2n) is 5.73. The maximum Gasteiger partial charge on any atom is 0.239 e. The van der Waals surface area contributed by atoms with E-state index in [1.165, 1.54) is 11.5 Å². The largest absolute Gasteiger partial charge is 0.343 e. The van der Waals surface area contributed by atoms with Crippen LogP contribution in [0, 0.1) is 6.92 Å². The predicted molar refractivity (Wildman–Crippen MR) is 106 cm³/mol. The first-order chi connectivity index (χ1) is 11.1. The lowest BCUT2D eigenvalue weighted by molar-refractivity contribution is -0.132. The van der Waals surface area contributed by atoms with E-state index >= 15 is 0 Å². The summed E-state index contributed by atoms with van der Waals surface area (Å²) in [5.41, 5.74) is 7.20. The molecule has 1 aromatic heterocycles. The summed E-state index contributed by atoms with van der Waals surface area (Å²) in [7, 11) is 0. The van der Waals surface area contributed by atoms with Crippen LogP contribution in [0.25, 0.3) is 0 Å². The van der Waals surface area contributed by atoms with Crippen LogP contribution in [-0.4, -0.2) is 52.4 Å². The van der Waals surface area contributed by atoms with Crippen LogP contribution in [-0.2, 0) is 11.2 Å². The minimum atomic E-state index is -0.479. The van der Waals surface area contributed by atoms with Crippen molar-refractivity contribution in [2.24, 2.45) is 5.73 Å². The van der Waals surface area contributed by atoms with Gasteiger partial charge in [0, 0.05) is 37.7 Å². The molecule has 1 saturated heterocycles. The van der Waals surface area contributed by atoms with Crippen LogP contribution in [0.3, 0.4) is 0 Å². The van der Waals surface area contributed by atoms with Gasteiger partial charge >= 0.3 is 0 Å². The predicted octanol–water partition coefficient (Wildman–Crippen LogP) is 1.91. The van der Waals surface area contributed by atoms with Crippen molar-refractivity contribution in [3.63, 3.8) is 0 Å². The van der Waals surface area contributed by atoms with Gasteiger partial charge in [-0.2, -0.15) is 4.37 Å². The second kappa shape index (κ2) is 9.91. The highest BCUT2D eigenvalue weighted by atomic mass is 35.5. The van der Waals surface area contributed by atoms with E-state index in [0.29, 0.717) is 19.5 Å². The molecule has 0 radical (unpaired) electrons. The Hall–Kier alpha value is -1.41. The number of aromatic nitrogens is 2. The van der Waals surface area contributed by atoms with Crippen molar-refractivity contribution < 1.29 is 4.79 Å². The van der Waals surface area contributed by atoms with E-state index in [1.54, 1.807) is 0 Å². The van der Waals surface area contributed by atoms with Crippen LogP contribution in [0.4, 0.5) is 5.13 Å². The standard InChI is InChI=1S/C16H21N5OS.2ClH/c1-12-18-16(23-19-12)21-9-7-20(8-10-21)15(22)14(17)11-13-5-3-2-4-6-13;;/h2-6,14H,7-11,17H2,1H3;2*1H. The van der Waals surface area contributed by atoms with Crippen molar-refractivity contribution in [3.05, 3.63) is 41.7 Å². The number of aryl methyl sites for hydroxylation is 1. The number of anilines is 1. The van der Waals surface area contributed by atoms with Gasteiger partial charge in [-0.05, 0) is 18.9 Å². The maximum atomic E-state index is 12.5. The highest BCUT2D eigenvalue weighted by molar-refractivity contribution is 7.09. The number of piperazine rings is 1. The van der Waals surface area contributed by atoms with Gasteiger partial charge in [-0.3, -0.25) is 4.79 Å². The zero-order valence-electron chi connectivity index (χ0n) is 14.0. The molecule has 2 N–H and O–H groups in total. The Morgan fingerprint density at radius 1 is 1.20 bits per heavy atom. The number of hydrogen-bond donors (Lipinski definition) is 1. The van der Waals surface area contributed by atoms with E-state index in [2.05, 4.69) is 14.3 Å². The smallest absolute Gasteiger partial charge is 0.239 e. The summed E-state index contributed by atoms with van der Waals surface area (Å²) < 4.78 is 4.21. The topological polar surface area (TPSA) is 75.4 Å². The van der Waals surface area contributed by atoms with Gasteiger partial charge in [-0.15, -0.1) is 24.8 Å². The third kappa shape index (κ3) is 5.54. The number of nitrogens with zero attached hydrogens (tertiary/aromatic N) is 4. The molecule has 2 heterocycles. The minimum absolute atomic E-state index is 0. The van der Waals surface area contributed by atoms with Crippen LogP contribution < -0.4 is 10.6 Å². The fourth-order valence-electron chi connectivity index (χ4n) is 2.72. The van der Waals surface area contributed by atoms with Crippen LogP contribution in [0.2, 0.25) is 0 Å². The van der Waals surface area contributed by atoms with Crippen molar-refractivity contribution in [1.82, 2.24) is 14.3 Å². The van der Waals surface area contributed by atoms with Crippen molar-refractivity contribution in [1.29, 1.82) is 0 Å². The zero-order chi connectivity index (χ0) is 16.2. The molecule has 0 saturated carbocycles. The van der Waals surface area contributed by atoms with Gasteiger partial charge < -0.3 is 15.5 Å². The summed E-state index contributed by atoms with van der Waals surface area (Å²) >= 11 is 1.41. The highest BCUT2D eigenvalue weighted by Gasteiger charge is 2.26. The minimum Gasteiger partial charge on any atom is -0.343 e. The number of carbonyl (C=O) groups is 1. The highest BCUT2D eigenvalue weighted by Crippen LogP contribution is 2.19. The Labute approximate surface area is 164 Å². The Morgan fingerprint density at radius 2 is 1.84 bits per heavy atom. The van der Waals surface area contributed by atoms with Gasteiger partial charge in [0.15, 0.2) is 0 Å². The number of amides is 1. The molecule has 3 rings (SSSR count). The summed E-state index contributed by atoms with van der Waals surface area (Å²) in [4.78, 5) is 20.9. The molecule has 1 atom stereocenters. The summed E-state index contributed by atoms with van der Waals surface area (Å²) in [6, 6.07) is 9.43. The van der Waals surface area contributed by atoms with Crippen molar-refractivity contribution >= 4 is 47.4 Å². The normalized spacial score (nSPS) is 15.1. The second-order valence-corrected chi connectivity index (χ2v) is 6.46. The SMILES string of the molecule is Cc1nsc(N2CCN(C(=O)C(N)Cc3ccccc3)CC2)n1.Cl.Cl. The quantitative estimate of drug-likeness (QED) is 0.843. The molecule has 0 aliphatic carbocycles. The Balaban J connectivity index is 0.00000156. The van der Waals surface area contributed by atoms with E-state index < -0.39 is 6.04 Å². The molecule has 25 heavy (non-hydrogen) atoms. The van der Waals surface area contributed by atoms with E-state index in [4.69, 9.17) is 5.73 Å². The zero-order valence-corrected chi connectivity index (χ0v) is 16.4. The summed E-state index contributed by atoms with van der Waals surface area (Å²) in [5.74, 6) is 0.829. The van der Waals surface area contributed by atoms with Gasteiger partial charge in [0.05, 0.1) is 6.04 Å². The van der Waals surface area contributed by atoms with Gasteiger partial charge in [0.1, 0.15) is 5.82 Å². The first kappa shape index (κ1) is 21.6. The molecule has 138 valence electrons. The van der Waals surface area contributed by atoms with E-state index in [1.807, 2.05) is 42.2 Å². The number of rotatable bonds is 4. The summed E-state index contributed by atoms with van der Waals surface area (Å²) in [5, 5.41) is 0.934. The molecule has 1 fully saturated rings. The molecule has 6 nitrogen and oxygen atoms in total. The molecule has 0 spiro atoms. The Bertz CT molecular complexity index is 662. The van der Waals surface area contributed by atoms with Crippen LogP contribution in [0.1, 0.15) is 11.4 Å². The Morgan fingerprint density at radius 3 is 2.40 bits per heavy atom. The number of hydrogen-bond acceptors (Lipinski definition) is 6. The first-order valence-corrected chi connectivity index (χ1v) is 8.54. The molecule has 2 aromatic rings. The summed E-state index contributed by atoms with van der Waals surface area (Å²) in [6.07, 6.45) is 0.579. The number of benzene rings is 1. The van der Waals surface area contributed by atoms with E-state index in [0.717, 1.165) is 29.6 Å². The monoisotopic (exact) mass is 403 g/mol. The average Bonchev–Trinajstić information content (AvgIpc) is 3.02. The van der Waals surface area contributed by atoms with Crippen LogP contribution >= 0.6 is 36.3 Å². The Kier molecular flexibility index (Phi) is 8.58. The van der Waals surface area contributed by atoms with Crippen molar-refractivity contribution in [3.8, 4) is 0 Å². The number of carbonyl (C=O) groups excluding carboxylic acids is 1. The lowest BCUT2D eigenvalue weighted by Crippen LogP contribution is -2.53. The molecule has 9 heteroatoms. The molecule has 1 aliphatic heterocycles. The van der Waals surface area contributed by atoms with Crippen molar-refractivity contribution in [2.75, 3.05) is 31.1 Å². The maximum absolute atomic E-state index is 12.5. The van der Waals surface area contributed by atoms with E-state index in [9.17, 15) is 4.79 Å². The van der Waals surface area contributed by atoms with E-state index in [-0.39, 0.29) is 30.7 Å². The molecule has 0 bridgehead atoms. The van der Waals surface area contributed by atoms with Gasteiger partial charge in [-0.25, -0.2) is 4.98 Å². The molecule has 1 unspecified atom stereocenters. The fraction of sp³-hybridized carbons (Fsp3) is 0.438. The molecule has 1 aromatic carbocycles. The fourth-order valence-corrected chi connectivity index (χ4v) is 3.45. The number of halogens is 2. The lowest BCUT2D eigenvalue weighted by atomic mass is 10.1. The van der Waals surface area contributed by atoms with Crippen molar-refractivity contribution in [2.45, 2.75) is 19.4 Å². The molecular formula is C16H23Cl2N5OS. The van der Waals surface area contributed by atoms with Gasteiger partial charge in [0.25, 0.3) is 0 Å². The molecule has 1 amide bonds. The molecule has 1 aliphatic rings. The van der Waals surface area contributed by atoms with Gasteiger partial charge in [0.2, 0.25) is 11.0 Å². The molecular weight excluding hydrogens is 381 g/mol. The average molecular weight is 404 g/mol. The lowest BCUT2D eigenvalue weighted by Gasteiger charge is -2.35. The summed E-state index contributed by atoms with van der Waals surface area (Å²) in [6.45, 7) is 4.80. The van der Waals surface area contributed by atoms with Crippen LogP contribution in [0.5, 0.6) is 0 Å². The first-order valence-electron chi connectivity index (χ1n) is 7.77. The number of nitrogens with two attached hydrogens (primary N) is 1.